The van der Waals surface area contributed by atoms with Crippen molar-refractivity contribution in [2.45, 2.75) is 97.3 Å². The molecule has 0 aromatic heterocycles. The van der Waals surface area contributed by atoms with E-state index >= 15 is 0 Å². The van der Waals surface area contributed by atoms with Crippen molar-refractivity contribution < 1.29 is 19.4 Å². The average molecular weight is 341 g/mol. The van der Waals surface area contributed by atoms with Crippen LogP contribution in [0.2, 0.25) is 0 Å². The quantitative estimate of drug-likeness (QED) is 0.224. The van der Waals surface area contributed by atoms with Crippen LogP contribution in [0.25, 0.3) is 0 Å². The van der Waals surface area contributed by atoms with Crippen molar-refractivity contribution in [3.8, 4) is 0 Å². The molecule has 0 rings (SSSR count). The van der Waals surface area contributed by atoms with Gasteiger partial charge in [0.2, 0.25) is 0 Å². The molecule has 0 atom stereocenters. The largest absolute Gasteiger partial charge is 0.478 e. The Morgan fingerprint density at radius 2 is 1.29 bits per heavy atom. The van der Waals surface area contributed by atoms with Gasteiger partial charge >= 0.3 is 11.9 Å². The molecule has 0 aromatic rings. The summed E-state index contributed by atoms with van der Waals surface area (Å²) in [6.45, 7) is 4.74. The normalized spacial score (nSPS) is 11.5. The van der Waals surface area contributed by atoms with E-state index in [4.69, 9.17) is 9.84 Å². The number of ether oxygens (including phenoxy) is 1. The number of esters is 1. The molecule has 0 aliphatic rings. The van der Waals surface area contributed by atoms with Gasteiger partial charge in [-0.25, -0.2) is 9.59 Å². The molecular weight excluding hydrogens is 304 g/mol. The van der Waals surface area contributed by atoms with E-state index in [2.05, 4.69) is 13.8 Å². The van der Waals surface area contributed by atoms with Crippen molar-refractivity contribution in [2.24, 2.45) is 0 Å². The first-order valence-electron chi connectivity index (χ1n) is 9.72. The van der Waals surface area contributed by atoms with Crippen molar-refractivity contribution in [2.75, 3.05) is 6.61 Å². The maximum Gasteiger partial charge on any atom is 0.334 e. The molecule has 0 heterocycles. The predicted molar refractivity (Wildman–Crippen MR) is 98.0 cm³/mol. The Hall–Kier alpha value is -1.32. The number of carbonyl (C=O) groups is 2. The molecule has 0 unspecified atom stereocenters. The van der Waals surface area contributed by atoms with E-state index in [0.717, 1.165) is 38.2 Å². The molecule has 0 saturated carbocycles. The van der Waals surface area contributed by atoms with Crippen LogP contribution >= 0.6 is 0 Å². The number of unbranched alkanes of at least 4 members (excludes halogenated alkanes) is 10. The number of rotatable bonds is 16. The molecule has 0 amide bonds. The first-order valence-corrected chi connectivity index (χ1v) is 9.72. The topological polar surface area (TPSA) is 63.6 Å². The third-order valence-corrected chi connectivity index (χ3v) is 4.09. The predicted octanol–water partition coefficient (Wildman–Crippen LogP) is 5.65. The molecule has 0 spiro atoms. The van der Waals surface area contributed by atoms with Gasteiger partial charge in [0, 0.05) is 11.6 Å². The van der Waals surface area contributed by atoms with Crippen LogP contribution in [0.1, 0.15) is 97.3 Å². The third-order valence-electron chi connectivity index (χ3n) is 4.09. The highest BCUT2D eigenvalue weighted by Gasteiger charge is 2.12. The Kier molecular flexibility index (Phi) is 15.6. The summed E-state index contributed by atoms with van der Waals surface area (Å²) >= 11 is 0. The van der Waals surface area contributed by atoms with Crippen LogP contribution < -0.4 is 0 Å². The zero-order valence-corrected chi connectivity index (χ0v) is 15.6. The summed E-state index contributed by atoms with van der Waals surface area (Å²) in [6, 6.07) is 0. The minimum Gasteiger partial charge on any atom is -0.478 e. The molecule has 4 nitrogen and oxygen atoms in total. The summed E-state index contributed by atoms with van der Waals surface area (Å²) in [7, 11) is 0. The zero-order chi connectivity index (χ0) is 18.0. The molecule has 140 valence electrons. The van der Waals surface area contributed by atoms with Gasteiger partial charge in [-0.3, -0.25) is 0 Å². The highest BCUT2D eigenvalue weighted by atomic mass is 16.5. The molecule has 0 aromatic carbocycles. The zero-order valence-electron chi connectivity index (χ0n) is 15.6. The van der Waals surface area contributed by atoms with Crippen molar-refractivity contribution in [3.63, 3.8) is 0 Å². The lowest BCUT2D eigenvalue weighted by Gasteiger charge is -2.08. The Bertz CT molecular complexity index is 361. The van der Waals surface area contributed by atoms with Gasteiger partial charge in [0.05, 0.1) is 6.61 Å². The van der Waals surface area contributed by atoms with Gasteiger partial charge in [-0.15, -0.1) is 0 Å². The van der Waals surface area contributed by atoms with Crippen molar-refractivity contribution in [3.05, 3.63) is 11.6 Å². The lowest BCUT2D eigenvalue weighted by molar-refractivity contribution is -0.140. The van der Waals surface area contributed by atoms with E-state index in [0.29, 0.717) is 18.6 Å². The maximum atomic E-state index is 12.0. The fourth-order valence-electron chi connectivity index (χ4n) is 2.62. The van der Waals surface area contributed by atoms with Crippen LogP contribution in [0.4, 0.5) is 0 Å². The number of carbonyl (C=O) groups excluding carboxylic acids is 1. The molecule has 0 saturated heterocycles. The van der Waals surface area contributed by atoms with Gasteiger partial charge in [0.15, 0.2) is 0 Å². The number of hydrogen-bond acceptors (Lipinski definition) is 3. The van der Waals surface area contributed by atoms with E-state index < -0.39 is 11.9 Å². The molecule has 0 fully saturated rings. The van der Waals surface area contributed by atoms with Crippen molar-refractivity contribution >= 4 is 11.9 Å². The van der Waals surface area contributed by atoms with Gasteiger partial charge < -0.3 is 9.84 Å². The molecule has 4 heteroatoms. The van der Waals surface area contributed by atoms with E-state index in [9.17, 15) is 9.59 Å². The lowest BCUT2D eigenvalue weighted by atomic mass is 10.0. The molecule has 0 bridgehead atoms. The van der Waals surface area contributed by atoms with Gasteiger partial charge in [0.25, 0.3) is 0 Å². The summed E-state index contributed by atoms with van der Waals surface area (Å²) in [5.41, 5.74) is 0.295. The molecular formula is C20H36O4. The second-order valence-corrected chi connectivity index (χ2v) is 6.43. The van der Waals surface area contributed by atoms with Gasteiger partial charge in [-0.2, -0.15) is 0 Å². The second-order valence-electron chi connectivity index (χ2n) is 6.43. The van der Waals surface area contributed by atoms with Gasteiger partial charge in [-0.1, -0.05) is 78.1 Å². The molecule has 0 radical (unpaired) electrons. The Morgan fingerprint density at radius 3 is 1.83 bits per heavy atom. The van der Waals surface area contributed by atoms with Crippen LogP contribution in [-0.2, 0) is 14.3 Å². The van der Waals surface area contributed by atoms with Crippen LogP contribution in [0.3, 0.4) is 0 Å². The minimum atomic E-state index is -1.08. The molecule has 0 aliphatic heterocycles. The summed E-state index contributed by atoms with van der Waals surface area (Å²) < 4.78 is 5.24. The number of carboxylic acids is 1. The summed E-state index contributed by atoms with van der Waals surface area (Å²) in [4.78, 5) is 22.9. The standard InChI is InChI=1S/C20H36O4/c1-3-5-7-9-11-13-15-18(17-19(21)22)20(23)24-16-14-12-10-8-6-4-2/h17H,3-16H2,1-2H3,(H,21,22)/b18-17-. The fraction of sp³-hybridized carbons (Fsp3) is 0.800. The summed E-state index contributed by atoms with van der Waals surface area (Å²) in [5, 5.41) is 8.91. The van der Waals surface area contributed by atoms with Crippen molar-refractivity contribution in [1.82, 2.24) is 0 Å². The maximum absolute atomic E-state index is 12.0. The first kappa shape index (κ1) is 22.7. The smallest absolute Gasteiger partial charge is 0.334 e. The summed E-state index contributed by atoms with van der Waals surface area (Å²) in [5.74, 6) is -1.54. The monoisotopic (exact) mass is 340 g/mol. The molecule has 24 heavy (non-hydrogen) atoms. The Balaban J connectivity index is 3.98. The average Bonchev–Trinajstić information content (AvgIpc) is 2.55. The third kappa shape index (κ3) is 14.3. The number of hydrogen-bond donors (Lipinski definition) is 1. The van der Waals surface area contributed by atoms with E-state index in [1.807, 2.05) is 0 Å². The van der Waals surface area contributed by atoms with Crippen LogP contribution in [0.5, 0.6) is 0 Å². The van der Waals surface area contributed by atoms with Crippen molar-refractivity contribution in [1.29, 1.82) is 0 Å². The van der Waals surface area contributed by atoms with E-state index in [1.54, 1.807) is 0 Å². The minimum absolute atomic E-state index is 0.295. The Morgan fingerprint density at radius 1 is 0.792 bits per heavy atom. The summed E-state index contributed by atoms with van der Waals surface area (Å²) in [6.07, 6.45) is 14.9. The number of aliphatic carboxylic acids is 1. The van der Waals surface area contributed by atoms with Gasteiger partial charge in [-0.05, 0) is 19.3 Å². The highest BCUT2D eigenvalue weighted by Crippen LogP contribution is 2.14. The van der Waals surface area contributed by atoms with Gasteiger partial charge in [0.1, 0.15) is 0 Å². The van der Waals surface area contributed by atoms with E-state index in [-0.39, 0.29) is 0 Å². The van der Waals surface area contributed by atoms with Crippen LogP contribution in [-0.4, -0.2) is 23.7 Å². The fourth-order valence-corrected chi connectivity index (χ4v) is 2.62. The number of carboxylic acid groups (broad SMARTS) is 1. The Labute approximate surface area is 147 Å². The second kappa shape index (κ2) is 16.5. The van der Waals surface area contributed by atoms with Crippen LogP contribution in [0, 0.1) is 0 Å². The lowest BCUT2D eigenvalue weighted by Crippen LogP contribution is -2.11. The molecule has 1 N–H and O–H groups in total. The first-order chi connectivity index (χ1) is 11.6. The molecule has 0 aliphatic carbocycles. The SMILES string of the molecule is CCCCCCCCOC(=O)/C(=C\C(=O)O)CCCCCCCC. The van der Waals surface area contributed by atoms with Crippen LogP contribution in [0.15, 0.2) is 11.6 Å². The van der Waals surface area contributed by atoms with E-state index in [1.165, 1.54) is 44.9 Å². The highest BCUT2D eigenvalue weighted by molar-refractivity contribution is 5.95.